The minimum Gasteiger partial charge on any atom is -0.471 e. The second-order valence-corrected chi connectivity index (χ2v) is 27.7. The molecule has 5 aliphatic heterocycles. The lowest BCUT2D eigenvalue weighted by Gasteiger charge is -2.26. The molecule has 5 saturated heterocycles. The first-order valence-corrected chi connectivity index (χ1v) is 36.3. The van der Waals surface area contributed by atoms with Gasteiger partial charge in [0.1, 0.15) is 39.5 Å². The molecule has 0 spiro atoms. The van der Waals surface area contributed by atoms with E-state index >= 15 is 0 Å². The predicted octanol–water partition coefficient (Wildman–Crippen LogP) is 16.2. The van der Waals surface area contributed by atoms with Gasteiger partial charge in [-0.1, -0.05) is 118 Å². The Morgan fingerprint density at radius 3 is 1.26 bits per heavy atom. The molecule has 20 heteroatoms. The quantitative estimate of drug-likeness (QED) is 0.0609. The fourth-order valence-electron chi connectivity index (χ4n) is 13.5. The van der Waals surface area contributed by atoms with Crippen LogP contribution in [0, 0.1) is 20.8 Å². The van der Waals surface area contributed by atoms with Crippen LogP contribution in [0.3, 0.4) is 0 Å². The highest BCUT2D eigenvalue weighted by Gasteiger charge is 2.32. The van der Waals surface area contributed by atoms with Crippen LogP contribution in [0.25, 0.3) is 0 Å². The van der Waals surface area contributed by atoms with E-state index in [9.17, 15) is 19.8 Å². The van der Waals surface area contributed by atoms with Crippen LogP contribution >= 0.6 is 34.8 Å². The first-order valence-electron chi connectivity index (χ1n) is 35.2. The minimum absolute atomic E-state index is 0.00726. The summed E-state index contributed by atoms with van der Waals surface area (Å²) in [4.78, 5) is 45.6. The summed E-state index contributed by atoms with van der Waals surface area (Å²) in [5, 5.41) is 22.6. The van der Waals surface area contributed by atoms with Gasteiger partial charge in [0.2, 0.25) is 17.6 Å². The van der Waals surface area contributed by atoms with Gasteiger partial charge in [0, 0.05) is 127 Å². The Bertz CT molecular complexity index is 4310. The number of ketones is 2. The molecule has 3 unspecified atom stereocenters. The summed E-state index contributed by atoms with van der Waals surface area (Å²) in [6.45, 7) is 12.7. The van der Waals surface area contributed by atoms with E-state index in [1.165, 1.54) is 0 Å². The molecule has 0 aliphatic carbocycles. The second-order valence-electron chi connectivity index (χ2n) is 26.5. The van der Waals surface area contributed by atoms with Crippen molar-refractivity contribution in [3.05, 3.63) is 264 Å². The minimum atomic E-state index is -0.704. The van der Waals surface area contributed by atoms with Gasteiger partial charge in [0.05, 0.1) is 39.5 Å². The maximum atomic E-state index is 13.3. The van der Waals surface area contributed by atoms with E-state index in [-0.39, 0.29) is 49.1 Å². The Morgan fingerprint density at radius 1 is 0.461 bits per heavy atom. The molecule has 9 aromatic rings. The molecule has 5 fully saturated rings. The van der Waals surface area contributed by atoms with Gasteiger partial charge in [-0.15, -0.1) is 0 Å². The normalized spacial score (nSPS) is 19.1. The number of nitrogens with zero attached hydrogens (tertiary/aromatic N) is 6. The summed E-state index contributed by atoms with van der Waals surface area (Å²) < 4.78 is 42.1. The Labute approximate surface area is 612 Å². The van der Waals surface area contributed by atoms with Crippen LogP contribution in [0.2, 0.25) is 15.1 Å². The molecular weight excluding hydrogens is 1350 g/mol. The van der Waals surface area contributed by atoms with Crippen LogP contribution in [0.1, 0.15) is 140 Å². The molecule has 2 N–H and O–H groups in total. The molecule has 532 valence electrons. The van der Waals surface area contributed by atoms with Gasteiger partial charge in [-0.2, -0.15) is 0 Å². The number of rotatable bonds is 22. The molecule has 102 heavy (non-hydrogen) atoms. The number of pyridine rings is 3. The number of hydrogen-bond acceptors (Lipinski definition) is 17. The highest BCUT2D eigenvalue weighted by molar-refractivity contribution is 6.32. The Morgan fingerprint density at radius 2 is 0.853 bits per heavy atom. The van der Waals surface area contributed by atoms with Crippen LogP contribution in [0.5, 0.6) is 17.6 Å². The van der Waals surface area contributed by atoms with Crippen molar-refractivity contribution < 1.29 is 53.0 Å². The van der Waals surface area contributed by atoms with Crippen molar-refractivity contribution in [1.82, 2.24) is 15.0 Å². The fourth-order valence-corrected chi connectivity index (χ4v) is 14.0. The maximum Gasteiger partial charge on any atom is 0.232 e. The first kappa shape index (κ1) is 73.3. The van der Waals surface area contributed by atoms with Crippen LogP contribution in [-0.2, 0) is 38.8 Å². The number of ether oxygens (including phenoxy) is 7. The van der Waals surface area contributed by atoms with E-state index < -0.39 is 6.10 Å². The molecule has 5 aliphatic rings. The fraction of sp³-hybridized carbons (Fsp3) is 0.354. The number of benzene rings is 6. The number of aliphatic hydroxyl groups is 2. The number of anilines is 3. The third-order valence-corrected chi connectivity index (χ3v) is 19.6. The highest BCUT2D eigenvalue weighted by atomic mass is 35.5. The third-order valence-electron chi connectivity index (χ3n) is 18.8. The lowest BCUT2D eigenvalue weighted by Crippen LogP contribution is -2.26. The lowest BCUT2D eigenvalue weighted by atomic mass is 9.97. The van der Waals surface area contributed by atoms with E-state index in [0.717, 1.165) is 159 Å². The zero-order valence-electron chi connectivity index (χ0n) is 57.8. The van der Waals surface area contributed by atoms with Crippen LogP contribution < -0.4 is 28.9 Å². The molecule has 0 bridgehead atoms. The number of aliphatic hydroxyl groups excluding tert-OH is 2. The van der Waals surface area contributed by atoms with E-state index in [2.05, 4.69) is 41.8 Å². The molecule has 3 aromatic heterocycles. The van der Waals surface area contributed by atoms with Crippen LogP contribution in [0.4, 0.5) is 17.1 Å². The molecule has 0 saturated carbocycles. The smallest absolute Gasteiger partial charge is 0.232 e. The molecule has 0 radical (unpaired) electrons. The third kappa shape index (κ3) is 19.4. The number of hydrogen-bond donors (Lipinski definition) is 2. The zero-order chi connectivity index (χ0) is 70.9. The van der Waals surface area contributed by atoms with Gasteiger partial charge in [-0.05, 0) is 167 Å². The Balaban J connectivity index is 0.000000145. The van der Waals surface area contributed by atoms with Crippen molar-refractivity contribution in [1.29, 1.82) is 0 Å². The molecule has 8 heterocycles. The van der Waals surface area contributed by atoms with Gasteiger partial charge in [0.25, 0.3) is 0 Å². The van der Waals surface area contributed by atoms with E-state index in [1.807, 2.05) is 130 Å². The van der Waals surface area contributed by atoms with Crippen molar-refractivity contribution in [2.24, 2.45) is 0 Å². The van der Waals surface area contributed by atoms with Crippen molar-refractivity contribution in [3.63, 3.8) is 0 Å². The largest absolute Gasteiger partial charge is 0.471 e. The van der Waals surface area contributed by atoms with Crippen molar-refractivity contribution in [2.45, 2.75) is 135 Å². The van der Waals surface area contributed by atoms with Gasteiger partial charge in [0.15, 0.2) is 24.1 Å². The van der Waals surface area contributed by atoms with Crippen molar-refractivity contribution >= 4 is 63.4 Å². The molecule has 17 nitrogen and oxygen atoms in total. The number of aryl methyl sites for hydroxylation is 3. The van der Waals surface area contributed by atoms with E-state index in [1.54, 1.807) is 61.1 Å². The topological polar surface area (TPSA) is 188 Å². The van der Waals surface area contributed by atoms with Crippen LogP contribution in [-0.4, -0.2) is 120 Å². The SMILES string of the molecule is Cc1cccc(C(=O)c2ccc(N3CC[C@H](Oc4ncccc4Cl)C3)c(CO)c2)c1.Cc1cccc(C(=O)c2ccc(N3CC[C@H](Oc4ncccc4Cl)C3)c(COC3CCCCO3)c2)c1.Cc1cccc(C(O)c2ccc(N3CC[C@H](Oc4ncccc4Cl)C3)c(COC3CCCCO3)c2)c1. The summed E-state index contributed by atoms with van der Waals surface area (Å²) in [6, 6.07) is 51.5. The zero-order valence-corrected chi connectivity index (χ0v) is 60.1. The molecule has 14 rings (SSSR count). The van der Waals surface area contributed by atoms with Gasteiger partial charge in [-0.3, -0.25) is 9.59 Å². The molecule has 6 atom stereocenters. The molecule has 0 amide bonds. The lowest BCUT2D eigenvalue weighted by molar-refractivity contribution is -0.169. The van der Waals surface area contributed by atoms with Gasteiger partial charge < -0.3 is 58.1 Å². The number of halogens is 3. The van der Waals surface area contributed by atoms with Crippen molar-refractivity contribution in [3.8, 4) is 17.6 Å². The van der Waals surface area contributed by atoms with E-state index in [4.69, 9.17) is 68.0 Å². The van der Waals surface area contributed by atoms with Crippen molar-refractivity contribution in [2.75, 3.05) is 67.2 Å². The summed E-state index contributed by atoms with van der Waals surface area (Å²) in [5.41, 5.74) is 13.3. The summed E-state index contributed by atoms with van der Waals surface area (Å²) in [6.07, 6.45) is 12.6. The van der Waals surface area contributed by atoms with Gasteiger partial charge >= 0.3 is 0 Å². The summed E-state index contributed by atoms with van der Waals surface area (Å²) in [7, 11) is 0. The highest BCUT2D eigenvalue weighted by Crippen LogP contribution is 2.36. The first-order chi connectivity index (χ1) is 49.7. The predicted molar refractivity (Wildman–Crippen MR) is 398 cm³/mol. The Kier molecular flexibility index (Phi) is 25.6. The average molecular weight is 1440 g/mol. The number of aromatic nitrogens is 3. The standard InChI is InChI=1S/C29H33ClN2O4.C29H31ClN2O4.C24H23ClN2O3/c2*1-20-6-4-7-21(16-20)28(33)22-10-11-26(23(17-22)19-35-27-9-2-3-15-34-27)32-14-12-24(18-32)36-29-25(30)8-5-13-31-29;1-16-4-2-5-17(12-16)23(29)18-7-8-22(19(13-18)15-28)27-11-9-20(14-27)30-24-21(25)6-3-10-26-24/h4-8,10-11,13,16-17,24,27-28,33H,2-3,9,12,14-15,18-19H2,1H3;4-8,10-11,13,16-17,24,27H,2-3,9,12,14-15,18-19H2,1H3;2-8,10,12-13,20,28H,9,11,14-15H2,1H3/t24-,27?,28?;24-,27?;20-/m000/s1. The number of carbonyl (C=O) groups excluding carboxylic acids is 2. The molecular formula is C82H87Cl3N6O11. The second kappa shape index (κ2) is 35.6. The monoisotopic (exact) mass is 1440 g/mol. The van der Waals surface area contributed by atoms with Crippen LogP contribution in [0.15, 0.2) is 182 Å². The maximum absolute atomic E-state index is 13.3. The molecule has 6 aromatic carbocycles. The number of carbonyl (C=O) groups is 2. The van der Waals surface area contributed by atoms with E-state index in [0.29, 0.717) is 81.3 Å². The average Bonchev–Trinajstić information content (AvgIpc) is 1.42. The summed E-state index contributed by atoms with van der Waals surface area (Å²) in [5.74, 6) is 1.33. The Hall–Kier alpha value is -8.46. The van der Waals surface area contributed by atoms with Gasteiger partial charge in [-0.25, -0.2) is 15.0 Å². The summed E-state index contributed by atoms with van der Waals surface area (Å²) >= 11 is 18.6.